The molecule has 0 amide bonds. The number of furan rings is 1. The van der Waals surface area contributed by atoms with Gasteiger partial charge < -0.3 is 14.2 Å². The van der Waals surface area contributed by atoms with E-state index in [1.807, 2.05) is 6.07 Å². The Kier molecular flexibility index (Phi) is 12.5. The van der Waals surface area contributed by atoms with Gasteiger partial charge in [-0.05, 0) is 144 Å². The van der Waals surface area contributed by atoms with Crippen LogP contribution in [0.1, 0.15) is 35.1 Å². The van der Waals surface area contributed by atoms with E-state index in [1.165, 1.54) is 50.2 Å². The first-order valence-corrected chi connectivity index (χ1v) is 24.0. The molecule has 11 aromatic rings. The van der Waals surface area contributed by atoms with Gasteiger partial charge in [0.2, 0.25) is 0 Å². The monoisotopic (exact) mass is 888 g/mol. The second-order valence-corrected chi connectivity index (χ2v) is 17.6. The number of unbranched alkanes of at least 4 members (excludes halogenated alkanes) is 1. The molecule has 1 heterocycles. The molecular weight excluding hydrogens is 837 g/mol. The van der Waals surface area contributed by atoms with Crippen molar-refractivity contribution in [1.82, 2.24) is 0 Å². The van der Waals surface area contributed by atoms with E-state index in [0.717, 1.165) is 75.7 Å². The molecule has 0 spiro atoms. The number of nitrogens with zero attached hydrogens (tertiary/aromatic N) is 2. The highest BCUT2D eigenvalue weighted by molar-refractivity contribution is 6.04. The molecule has 0 atom stereocenters. The standard InChI is InChI=1S/C66H52N2O/c1-5-21-49(22-6-1)25-13-15-27-51-39-44-63(61-35-19-17-33-59(51)61)67(55-29-9-3-10-30-55)57-41-37-53(38-42-57)66-48-54-47-58(43-46-65(54)69-66)68(56-31-11-4-12-32-56)64-45-40-52(60-34-18-20-36-62(60)64)28-16-14-26-50-23-7-2-8-24-50/h1-12,14,16-24,26,28-48H,13,15,25,27H2. The Morgan fingerprint density at radius 1 is 0.377 bits per heavy atom. The molecule has 0 saturated heterocycles. The van der Waals surface area contributed by atoms with E-state index >= 15 is 0 Å². The summed E-state index contributed by atoms with van der Waals surface area (Å²) in [7, 11) is 0. The van der Waals surface area contributed by atoms with Gasteiger partial charge in [-0.2, -0.15) is 0 Å². The summed E-state index contributed by atoms with van der Waals surface area (Å²) in [5, 5.41) is 5.96. The van der Waals surface area contributed by atoms with E-state index in [4.69, 9.17) is 4.42 Å². The zero-order valence-corrected chi connectivity index (χ0v) is 38.5. The molecule has 3 heteroatoms. The van der Waals surface area contributed by atoms with Gasteiger partial charge in [0.15, 0.2) is 0 Å². The van der Waals surface area contributed by atoms with Gasteiger partial charge in [-0.1, -0.05) is 182 Å². The molecule has 0 aliphatic rings. The Morgan fingerprint density at radius 3 is 1.59 bits per heavy atom. The molecule has 3 nitrogen and oxygen atoms in total. The maximum Gasteiger partial charge on any atom is 0.135 e. The molecular formula is C66H52N2O. The summed E-state index contributed by atoms with van der Waals surface area (Å²) in [6.07, 6.45) is 13.0. The molecule has 69 heavy (non-hydrogen) atoms. The minimum absolute atomic E-state index is 0.830. The molecule has 0 saturated carbocycles. The van der Waals surface area contributed by atoms with Crippen molar-refractivity contribution in [1.29, 1.82) is 0 Å². The van der Waals surface area contributed by atoms with Gasteiger partial charge in [0.1, 0.15) is 11.3 Å². The highest BCUT2D eigenvalue weighted by Gasteiger charge is 2.20. The minimum atomic E-state index is 0.830. The number of allylic oxidation sites excluding steroid dienone is 2. The van der Waals surface area contributed by atoms with Gasteiger partial charge in [-0.25, -0.2) is 0 Å². The fourth-order valence-corrected chi connectivity index (χ4v) is 9.68. The van der Waals surface area contributed by atoms with E-state index in [-0.39, 0.29) is 0 Å². The lowest BCUT2D eigenvalue weighted by Crippen LogP contribution is -2.10. The van der Waals surface area contributed by atoms with Crippen LogP contribution in [0.25, 0.3) is 56.0 Å². The summed E-state index contributed by atoms with van der Waals surface area (Å²) in [4.78, 5) is 4.73. The summed E-state index contributed by atoms with van der Waals surface area (Å²) >= 11 is 0. The third kappa shape index (κ3) is 9.36. The quantitative estimate of drug-likeness (QED) is 0.0755. The molecule has 1 aromatic heterocycles. The number of rotatable bonds is 15. The Bertz CT molecular complexity index is 3540. The van der Waals surface area contributed by atoms with E-state index in [1.54, 1.807) is 0 Å². The summed E-state index contributed by atoms with van der Waals surface area (Å²) in [6.45, 7) is 0. The largest absolute Gasteiger partial charge is 0.456 e. The highest BCUT2D eigenvalue weighted by atomic mass is 16.3. The Labute approximate surface area is 405 Å². The lowest BCUT2D eigenvalue weighted by atomic mass is 9.96. The smallest absolute Gasteiger partial charge is 0.135 e. The molecule has 332 valence electrons. The number of anilines is 6. The van der Waals surface area contributed by atoms with Gasteiger partial charge in [-0.15, -0.1) is 0 Å². The van der Waals surface area contributed by atoms with Crippen LogP contribution in [0.5, 0.6) is 0 Å². The molecule has 0 N–H and O–H groups in total. The van der Waals surface area contributed by atoms with Crippen LogP contribution >= 0.6 is 0 Å². The number of benzene rings is 10. The number of aryl methyl sites for hydroxylation is 2. The molecule has 0 aliphatic heterocycles. The molecule has 0 unspecified atom stereocenters. The average molecular weight is 889 g/mol. The molecule has 0 radical (unpaired) electrons. The molecule has 0 fully saturated rings. The van der Waals surface area contributed by atoms with Crippen molar-refractivity contribution in [3.05, 3.63) is 277 Å². The average Bonchev–Trinajstić information content (AvgIpc) is 3.85. The molecule has 0 aliphatic carbocycles. The second kappa shape index (κ2) is 20.1. The van der Waals surface area contributed by atoms with Gasteiger partial charge in [0.05, 0.1) is 11.4 Å². The van der Waals surface area contributed by atoms with Crippen LogP contribution in [0.4, 0.5) is 34.1 Å². The summed E-state index contributed by atoms with van der Waals surface area (Å²) in [5.41, 5.74) is 13.6. The van der Waals surface area contributed by atoms with Crippen molar-refractivity contribution < 1.29 is 4.42 Å². The van der Waals surface area contributed by atoms with Crippen molar-refractivity contribution in [3.8, 4) is 11.3 Å². The second-order valence-electron chi connectivity index (χ2n) is 17.6. The molecule has 10 aromatic carbocycles. The fraction of sp³-hybridized carbons (Fsp3) is 0.0606. The number of fused-ring (bicyclic) bond motifs is 3. The Morgan fingerprint density at radius 2 is 0.899 bits per heavy atom. The number of hydrogen-bond acceptors (Lipinski definition) is 3. The van der Waals surface area contributed by atoms with Crippen molar-refractivity contribution >= 4 is 78.8 Å². The van der Waals surface area contributed by atoms with Gasteiger partial charge in [0.25, 0.3) is 0 Å². The van der Waals surface area contributed by atoms with Crippen LogP contribution < -0.4 is 9.80 Å². The fourth-order valence-electron chi connectivity index (χ4n) is 9.68. The lowest BCUT2D eigenvalue weighted by Gasteiger charge is -2.27. The van der Waals surface area contributed by atoms with E-state index in [9.17, 15) is 0 Å². The molecule has 0 bridgehead atoms. The van der Waals surface area contributed by atoms with Crippen LogP contribution in [-0.2, 0) is 12.8 Å². The van der Waals surface area contributed by atoms with Gasteiger partial charge in [-0.3, -0.25) is 0 Å². The van der Waals surface area contributed by atoms with Crippen molar-refractivity contribution in [2.24, 2.45) is 0 Å². The predicted molar refractivity (Wildman–Crippen MR) is 294 cm³/mol. The van der Waals surface area contributed by atoms with Crippen LogP contribution in [-0.4, -0.2) is 0 Å². The van der Waals surface area contributed by atoms with Crippen molar-refractivity contribution in [2.45, 2.75) is 25.7 Å². The normalized spacial score (nSPS) is 11.6. The topological polar surface area (TPSA) is 19.6 Å². The summed E-state index contributed by atoms with van der Waals surface area (Å²) in [6, 6.07) is 86.7. The highest BCUT2D eigenvalue weighted by Crippen LogP contribution is 2.43. The Hall–Kier alpha value is -8.66. The lowest BCUT2D eigenvalue weighted by molar-refractivity contribution is 0.631. The minimum Gasteiger partial charge on any atom is -0.456 e. The van der Waals surface area contributed by atoms with E-state index in [0.29, 0.717) is 0 Å². The Balaban J connectivity index is 0.892. The predicted octanol–water partition coefficient (Wildman–Crippen LogP) is 18.6. The zero-order valence-electron chi connectivity index (χ0n) is 38.5. The first-order valence-electron chi connectivity index (χ1n) is 24.0. The van der Waals surface area contributed by atoms with Crippen LogP contribution in [0.2, 0.25) is 0 Å². The molecule has 11 rings (SSSR count). The van der Waals surface area contributed by atoms with E-state index < -0.39 is 0 Å². The SMILES string of the molecule is C(C=Cc1ccc(N(c2ccccc2)c2ccc3oc(-c4ccc(N(c5ccccc5)c5ccc(CCCCc6ccccc6)c6ccccc56)cc4)cc3c2)c2ccccc12)=Cc1ccccc1. The van der Waals surface area contributed by atoms with Crippen LogP contribution in [0, 0.1) is 0 Å². The van der Waals surface area contributed by atoms with Gasteiger partial charge >= 0.3 is 0 Å². The number of para-hydroxylation sites is 2. The third-order valence-electron chi connectivity index (χ3n) is 13.1. The summed E-state index contributed by atoms with van der Waals surface area (Å²) < 4.78 is 6.62. The van der Waals surface area contributed by atoms with Crippen LogP contribution in [0.15, 0.2) is 259 Å². The first-order chi connectivity index (χ1) is 34.2. The van der Waals surface area contributed by atoms with Crippen molar-refractivity contribution in [3.63, 3.8) is 0 Å². The number of hydrogen-bond donors (Lipinski definition) is 0. The van der Waals surface area contributed by atoms with Crippen molar-refractivity contribution in [2.75, 3.05) is 9.80 Å². The van der Waals surface area contributed by atoms with Gasteiger partial charge in [0, 0.05) is 44.5 Å². The van der Waals surface area contributed by atoms with Crippen LogP contribution in [0.3, 0.4) is 0 Å². The van der Waals surface area contributed by atoms with E-state index in [2.05, 4.69) is 271 Å². The zero-order chi connectivity index (χ0) is 46.2. The maximum atomic E-state index is 6.62. The first kappa shape index (κ1) is 42.9. The third-order valence-corrected chi connectivity index (χ3v) is 13.1. The summed E-state index contributed by atoms with van der Waals surface area (Å²) in [5.74, 6) is 0.830. The maximum absolute atomic E-state index is 6.62.